The van der Waals surface area contributed by atoms with Gasteiger partial charge in [0, 0.05) is 12.8 Å². The van der Waals surface area contributed by atoms with E-state index in [2.05, 4.69) is 18.4 Å². The van der Waals surface area contributed by atoms with Crippen LogP contribution in [-0.4, -0.2) is 74.7 Å². The van der Waals surface area contributed by atoms with Crippen molar-refractivity contribution in [2.45, 2.75) is 154 Å². The van der Waals surface area contributed by atoms with Crippen molar-refractivity contribution < 1.29 is 53.3 Å². The van der Waals surface area contributed by atoms with Gasteiger partial charge in [0.15, 0.2) is 6.10 Å². The number of hydrogen-bond donors (Lipinski definition) is 5. The first-order valence-corrected chi connectivity index (χ1v) is 20.3. The summed E-state index contributed by atoms with van der Waals surface area (Å²) in [5.41, 5.74) is 0. The molecule has 0 amide bonds. The summed E-state index contributed by atoms with van der Waals surface area (Å²) in [5, 5.41) is 30.2. The Kier molecular flexibility index (Phi) is 30.8. The number of hydrogen-bond acceptors (Lipinski definition) is 9. The second-order valence-electron chi connectivity index (χ2n) is 13.2. The molecule has 0 aliphatic rings. The summed E-state index contributed by atoms with van der Waals surface area (Å²) in [7, 11) is -4.85. The number of carbonyl (C=O) groups excluding carboxylic acids is 2. The molecule has 0 heterocycles. The van der Waals surface area contributed by atoms with Gasteiger partial charge in [0.05, 0.1) is 24.9 Å². The molecule has 0 bridgehead atoms. The lowest BCUT2D eigenvalue weighted by Crippen LogP contribution is -2.29. The fourth-order valence-electron chi connectivity index (χ4n) is 4.90. The van der Waals surface area contributed by atoms with Crippen LogP contribution in [0.25, 0.3) is 0 Å². The SMILES string of the molecule is CC/C=C\C[C@H](O)/C=C/C=C/C=C\C=C/[C@@H](O)[C@H](O)CCCC(=O)O[C@H](COC(=O)CCCCCCCCCCCCC(C)C)COP(=O)(O)O. The zero-order chi connectivity index (χ0) is 38.2. The molecule has 0 spiro atoms. The van der Waals surface area contributed by atoms with Crippen molar-refractivity contribution in [2.75, 3.05) is 13.2 Å². The minimum absolute atomic E-state index is 0.0852. The summed E-state index contributed by atoms with van der Waals surface area (Å²) in [5.74, 6) is -0.445. The molecule has 12 heteroatoms. The Balaban J connectivity index is 4.36. The fraction of sp³-hybridized carbons (Fsp3) is 0.692. The van der Waals surface area contributed by atoms with Crippen LogP contribution in [0.15, 0.2) is 60.8 Å². The largest absolute Gasteiger partial charge is 0.469 e. The van der Waals surface area contributed by atoms with Crippen LogP contribution in [0.1, 0.15) is 130 Å². The predicted molar refractivity (Wildman–Crippen MR) is 202 cm³/mol. The molecule has 0 aromatic carbocycles. The molecule has 0 fully saturated rings. The van der Waals surface area contributed by atoms with Crippen LogP contribution in [0, 0.1) is 5.92 Å². The van der Waals surface area contributed by atoms with Gasteiger partial charge in [0.1, 0.15) is 6.61 Å². The summed E-state index contributed by atoms with van der Waals surface area (Å²) in [6, 6.07) is 0. The molecule has 4 atom stereocenters. The van der Waals surface area contributed by atoms with Crippen LogP contribution < -0.4 is 0 Å². The van der Waals surface area contributed by atoms with Crippen molar-refractivity contribution in [2.24, 2.45) is 5.92 Å². The van der Waals surface area contributed by atoms with E-state index >= 15 is 0 Å². The van der Waals surface area contributed by atoms with Crippen LogP contribution >= 0.6 is 7.82 Å². The highest BCUT2D eigenvalue weighted by atomic mass is 31.2. The van der Waals surface area contributed by atoms with Crippen LogP contribution in [0.5, 0.6) is 0 Å². The zero-order valence-corrected chi connectivity index (χ0v) is 32.1. The average molecular weight is 743 g/mol. The monoisotopic (exact) mass is 742 g/mol. The Hall–Kier alpha value is -2.37. The lowest BCUT2D eigenvalue weighted by Gasteiger charge is -2.19. The second-order valence-corrected chi connectivity index (χ2v) is 14.5. The van der Waals surface area contributed by atoms with Crippen LogP contribution in [0.4, 0.5) is 0 Å². The van der Waals surface area contributed by atoms with Crippen molar-refractivity contribution in [3.63, 3.8) is 0 Å². The molecule has 0 aliphatic heterocycles. The first-order valence-electron chi connectivity index (χ1n) is 18.8. The van der Waals surface area contributed by atoms with Crippen LogP contribution in [-0.2, 0) is 28.2 Å². The minimum atomic E-state index is -4.85. The van der Waals surface area contributed by atoms with Crippen molar-refractivity contribution in [1.82, 2.24) is 0 Å². The maximum atomic E-state index is 12.4. The normalized spacial score (nSPS) is 15.2. The lowest BCUT2D eigenvalue weighted by molar-refractivity contribution is -0.161. The molecular weight excluding hydrogens is 675 g/mol. The first-order chi connectivity index (χ1) is 24.3. The Morgan fingerprint density at radius 1 is 0.667 bits per heavy atom. The number of phosphoric ester groups is 1. The summed E-state index contributed by atoms with van der Waals surface area (Å²) < 4.78 is 26.1. The molecule has 294 valence electrons. The molecular formula is C39H67O11P. The number of rotatable bonds is 32. The van der Waals surface area contributed by atoms with E-state index < -0.39 is 57.4 Å². The zero-order valence-electron chi connectivity index (χ0n) is 31.2. The van der Waals surface area contributed by atoms with Crippen molar-refractivity contribution in [3.05, 3.63) is 60.8 Å². The standard InChI is InChI=1S/C39H67O11P/c1-4-5-18-25-34(40)26-20-15-12-13-16-21-27-36(41)37(42)28-23-30-39(44)50-35(32-49-51(45,46)47)31-48-38(43)29-22-17-11-9-7-6-8-10-14-19-24-33(2)3/h5,12-13,15-16,18,20-21,26-27,33-37,40-42H,4,6-11,14,17,19,22-25,28-32H2,1-3H3,(H2,45,46,47)/b15-12+,16-13-,18-5-,26-20+,27-21-/t34-,35+,36+,37+/m0/s1. The van der Waals surface area contributed by atoms with Crippen LogP contribution in [0.2, 0.25) is 0 Å². The predicted octanol–water partition coefficient (Wildman–Crippen LogP) is 7.72. The van der Waals surface area contributed by atoms with Crippen molar-refractivity contribution in [1.29, 1.82) is 0 Å². The summed E-state index contributed by atoms with van der Waals surface area (Å²) in [6.45, 7) is 5.48. The number of carbonyl (C=O) groups is 2. The molecule has 0 saturated carbocycles. The van der Waals surface area contributed by atoms with Gasteiger partial charge in [-0.1, -0.05) is 146 Å². The highest BCUT2D eigenvalue weighted by Gasteiger charge is 2.23. The first kappa shape index (κ1) is 48.6. The molecule has 5 N–H and O–H groups in total. The van der Waals surface area contributed by atoms with Crippen LogP contribution in [0.3, 0.4) is 0 Å². The van der Waals surface area contributed by atoms with E-state index in [1.54, 1.807) is 42.5 Å². The van der Waals surface area contributed by atoms with E-state index in [1.807, 2.05) is 19.1 Å². The molecule has 0 rings (SSSR count). The number of ether oxygens (including phenoxy) is 2. The van der Waals surface area contributed by atoms with E-state index in [0.29, 0.717) is 12.8 Å². The van der Waals surface area contributed by atoms with E-state index in [-0.39, 0.29) is 25.7 Å². The van der Waals surface area contributed by atoms with E-state index in [1.165, 1.54) is 51.0 Å². The van der Waals surface area contributed by atoms with Gasteiger partial charge >= 0.3 is 19.8 Å². The van der Waals surface area contributed by atoms with Gasteiger partial charge in [0.2, 0.25) is 0 Å². The molecule has 51 heavy (non-hydrogen) atoms. The number of esters is 2. The van der Waals surface area contributed by atoms with Gasteiger partial charge in [-0.2, -0.15) is 0 Å². The van der Waals surface area contributed by atoms with Crippen molar-refractivity contribution >= 4 is 19.8 Å². The quantitative estimate of drug-likeness (QED) is 0.0150. The maximum absolute atomic E-state index is 12.4. The summed E-state index contributed by atoms with van der Waals surface area (Å²) in [4.78, 5) is 42.7. The van der Waals surface area contributed by atoms with Gasteiger partial charge in [-0.05, 0) is 38.0 Å². The third-order valence-electron chi connectivity index (χ3n) is 7.82. The minimum Gasteiger partial charge on any atom is -0.462 e. The third kappa shape index (κ3) is 34.5. The Bertz CT molecular complexity index is 1080. The number of aliphatic hydroxyl groups is 3. The van der Waals surface area contributed by atoms with Gasteiger partial charge in [0.25, 0.3) is 0 Å². The topological polar surface area (TPSA) is 180 Å². The number of unbranched alkanes of at least 4 members (excludes halogenated alkanes) is 9. The molecule has 0 aliphatic carbocycles. The lowest BCUT2D eigenvalue weighted by atomic mass is 10.0. The van der Waals surface area contributed by atoms with E-state index in [9.17, 15) is 29.5 Å². The summed E-state index contributed by atoms with van der Waals surface area (Å²) in [6.07, 6.45) is 27.6. The fourth-order valence-corrected chi connectivity index (χ4v) is 5.26. The summed E-state index contributed by atoms with van der Waals surface area (Å²) >= 11 is 0. The van der Waals surface area contributed by atoms with Gasteiger partial charge in [-0.15, -0.1) is 0 Å². The average Bonchev–Trinajstić information content (AvgIpc) is 3.07. The van der Waals surface area contributed by atoms with Gasteiger partial charge < -0.3 is 34.6 Å². The third-order valence-corrected chi connectivity index (χ3v) is 8.31. The molecule has 0 unspecified atom stereocenters. The molecule has 0 aromatic rings. The highest BCUT2D eigenvalue weighted by Crippen LogP contribution is 2.36. The molecule has 0 saturated heterocycles. The Labute approximate surface area is 306 Å². The number of allylic oxidation sites excluding steroid dienone is 7. The Morgan fingerprint density at radius 3 is 1.80 bits per heavy atom. The molecule has 11 nitrogen and oxygen atoms in total. The number of phosphoric acid groups is 1. The number of aliphatic hydroxyl groups excluding tert-OH is 3. The van der Waals surface area contributed by atoms with Gasteiger partial charge in [-0.25, -0.2) is 4.57 Å². The van der Waals surface area contributed by atoms with E-state index in [4.69, 9.17) is 19.3 Å². The Morgan fingerprint density at radius 2 is 1.22 bits per heavy atom. The smallest absolute Gasteiger partial charge is 0.462 e. The molecule has 0 aromatic heterocycles. The van der Waals surface area contributed by atoms with E-state index in [0.717, 1.165) is 31.6 Å². The molecule has 0 radical (unpaired) electrons. The van der Waals surface area contributed by atoms with Crippen molar-refractivity contribution in [3.8, 4) is 0 Å². The second kappa shape index (κ2) is 32.3. The van der Waals surface area contributed by atoms with Gasteiger partial charge in [-0.3, -0.25) is 14.1 Å². The maximum Gasteiger partial charge on any atom is 0.469 e. The highest BCUT2D eigenvalue weighted by molar-refractivity contribution is 7.46.